The molecule has 25 heavy (non-hydrogen) atoms. The summed E-state index contributed by atoms with van der Waals surface area (Å²) in [5, 5.41) is 7.41. The number of halogens is 3. The highest BCUT2D eigenvalue weighted by molar-refractivity contribution is 6.31. The zero-order valence-corrected chi connectivity index (χ0v) is 14.0. The fourth-order valence-corrected chi connectivity index (χ4v) is 2.65. The van der Waals surface area contributed by atoms with Crippen LogP contribution in [0.25, 0.3) is 11.3 Å². The van der Waals surface area contributed by atoms with Gasteiger partial charge in [0.15, 0.2) is 0 Å². The lowest BCUT2D eigenvalue weighted by Crippen LogP contribution is -2.23. The standard InChI is InChI=1S/C18H14ClF2N3O/c1-24-10-14(17(23-24)13-7-6-12(20)8-16(13)21)18(25)22-9-11-4-2-3-5-15(11)19/h2-8,10H,9H2,1H3,(H,22,25). The first-order chi connectivity index (χ1) is 12.0. The van der Waals surface area contributed by atoms with Crippen molar-refractivity contribution in [2.45, 2.75) is 6.54 Å². The lowest BCUT2D eigenvalue weighted by Gasteiger charge is -2.07. The molecule has 4 nitrogen and oxygen atoms in total. The summed E-state index contributed by atoms with van der Waals surface area (Å²) in [5.74, 6) is -1.90. The second-order valence-electron chi connectivity index (χ2n) is 5.46. The van der Waals surface area contributed by atoms with Crippen molar-refractivity contribution in [1.29, 1.82) is 0 Å². The highest BCUT2D eigenvalue weighted by Gasteiger charge is 2.20. The number of carbonyl (C=O) groups is 1. The van der Waals surface area contributed by atoms with E-state index in [1.807, 2.05) is 6.07 Å². The second-order valence-corrected chi connectivity index (χ2v) is 5.87. The first kappa shape index (κ1) is 17.1. The molecule has 0 bridgehead atoms. The lowest BCUT2D eigenvalue weighted by atomic mass is 10.1. The smallest absolute Gasteiger partial charge is 0.255 e. The van der Waals surface area contributed by atoms with Gasteiger partial charge < -0.3 is 5.32 Å². The van der Waals surface area contributed by atoms with Crippen LogP contribution < -0.4 is 5.32 Å². The zero-order chi connectivity index (χ0) is 18.0. The number of carbonyl (C=O) groups excluding carboxylic acids is 1. The molecule has 1 aromatic heterocycles. The van der Waals surface area contributed by atoms with Crippen molar-refractivity contribution in [3.05, 3.63) is 76.4 Å². The molecular weight excluding hydrogens is 348 g/mol. The first-order valence-corrected chi connectivity index (χ1v) is 7.84. The Bertz CT molecular complexity index is 940. The van der Waals surface area contributed by atoms with Crippen LogP contribution in [0.15, 0.2) is 48.7 Å². The van der Waals surface area contributed by atoms with Crippen molar-refractivity contribution in [1.82, 2.24) is 15.1 Å². The molecule has 128 valence electrons. The van der Waals surface area contributed by atoms with Crippen molar-refractivity contribution in [2.24, 2.45) is 7.05 Å². The molecule has 3 aromatic rings. The molecule has 1 heterocycles. The summed E-state index contributed by atoms with van der Waals surface area (Å²) in [6, 6.07) is 10.3. The van der Waals surface area contributed by atoms with Gasteiger partial charge in [-0.15, -0.1) is 0 Å². The van der Waals surface area contributed by atoms with Crippen LogP contribution >= 0.6 is 11.6 Å². The minimum atomic E-state index is -0.779. The fourth-order valence-electron chi connectivity index (χ4n) is 2.45. The quantitative estimate of drug-likeness (QED) is 0.765. The first-order valence-electron chi connectivity index (χ1n) is 7.46. The number of amides is 1. The number of aromatic nitrogens is 2. The summed E-state index contributed by atoms with van der Waals surface area (Å²) in [5.41, 5.74) is 1.16. The average molecular weight is 362 g/mol. The number of benzene rings is 2. The minimum Gasteiger partial charge on any atom is -0.348 e. The van der Waals surface area contributed by atoms with E-state index in [-0.39, 0.29) is 23.4 Å². The molecule has 0 aliphatic heterocycles. The maximum Gasteiger partial charge on any atom is 0.255 e. The number of aryl methyl sites for hydroxylation is 1. The molecule has 0 saturated heterocycles. The Hall–Kier alpha value is -2.73. The maximum atomic E-state index is 14.1. The summed E-state index contributed by atoms with van der Waals surface area (Å²) in [6.07, 6.45) is 1.49. The van der Waals surface area contributed by atoms with E-state index in [2.05, 4.69) is 10.4 Å². The number of nitrogens with zero attached hydrogens (tertiary/aromatic N) is 2. The SMILES string of the molecule is Cn1cc(C(=O)NCc2ccccc2Cl)c(-c2ccc(F)cc2F)n1. The Morgan fingerprint density at radius 2 is 2.00 bits per heavy atom. The predicted molar refractivity (Wildman–Crippen MR) is 91.2 cm³/mol. The molecule has 0 saturated carbocycles. The van der Waals surface area contributed by atoms with Gasteiger partial charge in [0.25, 0.3) is 5.91 Å². The van der Waals surface area contributed by atoms with Gasteiger partial charge in [-0.05, 0) is 23.8 Å². The third-order valence-corrected chi connectivity index (χ3v) is 4.03. The average Bonchev–Trinajstić information content (AvgIpc) is 2.95. The summed E-state index contributed by atoms with van der Waals surface area (Å²) in [4.78, 5) is 12.5. The van der Waals surface area contributed by atoms with E-state index in [0.29, 0.717) is 5.02 Å². The Morgan fingerprint density at radius 3 is 2.72 bits per heavy atom. The summed E-state index contributed by atoms with van der Waals surface area (Å²) in [6.45, 7) is 0.221. The number of hydrogen-bond acceptors (Lipinski definition) is 2. The highest BCUT2D eigenvalue weighted by Crippen LogP contribution is 2.25. The molecule has 0 atom stereocenters. The Morgan fingerprint density at radius 1 is 1.24 bits per heavy atom. The topological polar surface area (TPSA) is 46.9 Å². The van der Waals surface area contributed by atoms with Crippen molar-refractivity contribution in [3.8, 4) is 11.3 Å². The molecule has 0 radical (unpaired) electrons. The van der Waals surface area contributed by atoms with E-state index in [0.717, 1.165) is 17.7 Å². The lowest BCUT2D eigenvalue weighted by molar-refractivity contribution is 0.0951. The van der Waals surface area contributed by atoms with Gasteiger partial charge in [0, 0.05) is 36.4 Å². The van der Waals surface area contributed by atoms with Crippen molar-refractivity contribution < 1.29 is 13.6 Å². The third kappa shape index (κ3) is 3.69. The van der Waals surface area contributed by atoms with Crippen LogP contribution in [0.4, 0.5) is 8.78 Å². The molecule has 0 aliphatic rings. The van der Waals surface area contributed by atoms with Crippen LogP contribution in [-0.4, -0.2) is 15.7 Å². The van der Waals surface area contributed by atoms with Gasteiger partial charge in [0.2, 0.25) is 0 Å². The monoisotopic (exact) mass is 361 g/mol. The van der Waals surface area contributed by atoms with E-state index in [4.69, 9.17) is 11.6 Å². The third-order valence-electron chi connectivity index (χ3n) is 3.66. The molecule has 0 spiro atoms. The van der Waals surface area contributed by atoms with Gasteiger partial charge in [-0.25, -0.2) is 8.78 Å². The Labute approximate surface area is 148 Å². The molecular formula is C18H14ClF2N3O. The van der Waals surface area contributed by atoms with Gasteiger partial charge in [-0.1, -0.05) is 29.8 Å². The molecule has 1 N–H and O–H groups in total. The van der Waals surface area contributed by atoms with E-state index >= 15 is 0 Å². The molecule has 2 aromatic carbocycles. The van der Waals surface area contributed by atoms with Crippen LogP contribution in [0, 0.1) is 11.6 Å². The van der Waals surface area contributed by atoms with Gasteiger partial charge in [0.1, 0.15) is 17.3 Å². The van der Waals surface area contributed by atoms with Gasteiger partial charge in [-0.3, -0.25) is 9.48 Å². The highest BCUT2D eigenvalue weighted by atomic mass is 35.5. The summed E-state index contributed by atoms with van der Waals surface area (Å²) < 4.78 is 28.6. The normalized spacial score (nSPS) is 10.7. The molecule has 3 rings (SSSR count). The van der Waals surface area contributed by atoms with Crippen LogP contribution in [-0.2, 0) is 13.6 Å². The zero-order valence-electron chi connectivity index (χ0n) is 13.3. The largest absolute Gasteiger partial charge is 0.348 e. The van der Waals surface area contributed by atoms with Gasteiger partial charge >= 0.3 is 0 Å². The molecule has 1 amide bonds. The molecule has 0 unspecified atom stereocenters. The van der Waals surface area contributed by atoms with E-state index < -0.39 is 17.5 Å². The summed E-state index contributed by atoms with van der Waals surface area (Å²) in [7, 11) is 1.62. The van der Waals surface area contributed by atoms with Crippen LogP contribution in [0.3, 0.4) is 0 Å². The van der Waals surface area contributed by atoms with Crippen molar-refractivity contribution in [2.75, 3.05) is 0 Å². The number of rotatable bonds is 4. The number of hydrogen-bond donors (Lipinski definition) is 1. The number of nitrogens with one attached hydrogen (secondary N) is 1. The van der Waals surface area contributed by atoms with E-state index in [1.54, 1.807) is 25.2 Å². The van der Waals surface area contributed by atoms with Crippen LogP contribution in [0.1, 0.15) is 15.9 Å². The van der Waals surface area contributed by atoms with Gasteiger partial charge in [0.05, 0.1) is 5.56 Å². The van der Waals surface area contributed by atoms with E-state index in [9.17, 15) is 13.6 Å². The molecule has 0 fully saturated rings. The van der Waals surface area contributed by atoms with Crippen LogP contribution in [0.2, 0.25) is 5.02 Å². The van der Waals surface area contributed by atoms with Crippen molar-refractivity contribution >= 4 is 17.5 Å². The summed E-state index contributed by atoms with van der Waals surface area (Å²) >= 11 is 6.07. The fraction of sp³-hybridized carbons (Fsp3) is 0.111. The van der Waals surface area contributed by atoms with Gasteiger partial charge in [-0.2, -0.15) is 5.10 Å². The molecule has 0 aliphatic carbocycles. The predicted octanol–water partition coefficient (Wildman–Crippen LogP) is 3.95. The van der Waals surface area contributed by atoms with Crippen LogP contribution in [0.5, 0.6) is 0 Å². The Balaban J connectivity index is 1.87. The maximum absolute atomic E-state index is 14.1. The second kappa shape index (κ2) is 7.03. The minimum absolute atomic E-state index is 0.0601. The Kier molecular flexibility index (Phi) is 4.81. The van der Waals surface area contributed by atoms with Crippen molar-refractivity contribution in [3.63, 3.8) is 0 Å². The van der Waals surface area contributed by atoms with E-state index in [1.165, 1.54) is 16.9 Å². The molecule has 7 heteroatoms.